The van der Waals surface area contributed by atoms with Crippen LogP contribution in [0.25, 0.3) is 0 Å². The highest BCUT2D eigenvalue weighted by atomic mass is 16.3. The number of nitrogens with one attached hydrogen (secondary N) is 1. The van der Waals surface area contributed by atoms with E-state index < -0.39 is 0 Å². The molecular weight excluding hydrogens is 150 g/mol. The number of aliphatic hydroxyl groups excluding tert-OH is 1. The lowest BCUT2D eigenvalue weighted by Gasteiger charge is -2.27. The van der Waals surface area contributed by atoms with Crippen LogP contribution in [-0.4, -0.2) is 24.3 Å². The molecule has 0 radical (unpaired) electrons. The van der Waals surface area contributed by atoms with Gasteiger partial charge in [-0.1, -0.05) is 6.92 Å². The van der Waals surface area contributed by atoms with Crippen LogP contribution in [0.3, 0.4) is 0 Å². The molecule has 1 aliphatic carbocycles. The smallest absolute Gasteiger partial charge is 0.0459 e. The Labute approximate surface area is 75.4 Å². The van der Waals surface area contributed by atoms with Crippen molar-refractivity contribution in [2.24, 2.45) is 5.92 Å². The van der Waals surface area contributed by atoms with Crippen LogP contribution >= 0.6 is 0 Å². The third kappa shape index (κ3) is 3.11. The van der Waals surface area contributed by atoms with E-state index in [1.165, 1.54) is 32.1 Å². The molecule has 1 rings (SSSR count). The minimum atomic E-state index is 0.389. The second kappa shape index (κ2) is 5.55. The fourth-order valence-electron chi connectivity index (χ4n) is 1.90. The molecule has 72 valence electrons. The number of hydrogen-bond acceptors (Lipinski definition) is 2. The minimum absolute atomic E-state index is 0.389. The van der Waals surface area contributed by atoms with E-state index >= 15 is 0 Å². The van der Waals surface area contributed by atoms with Crippen molar-refractivity contribution in [3.8, 4) is 0 Å². The van der Waals surface area contributed by atoms with Gasteiger partial charge < -0.3 is 10.4 Å². The fraction of sp³-hybridized carbons (Fsp3) is 1.00. The second-order valence-electron chi connectivity index (χ2n) is 3.85. The third-order valence-corrected chi connectivity index (χ3v) is 2.79. The largest absolute Gasteiger partial charge is 0.396 e. The summed E-state index contributed by atoms with van der Waals surface area (Å²) in [6, 6.07) is 0.729. The van der Waals surface area contributed by atoms with Crippen molar-refractivity contribution >= 4 is 0 Å². The molecule has 12 heavy (non-hydrogen) atoms. The predicted molar refractivity (Wildman–Crippen MR) is 51.1 cm³/mol. The zero-order chi connectivity index (χ0) is 8.81. The Kier molecular flexibility index (Phi) is 4.62. The topological polar surface area (TPSA) is 32.3 Å². The molecule has 2 nitrogen and oxygen atoms in total. The summed E-state index contributed by atoms with van der Waals surface area (Å²) >= 11 is 0. The van der Waals surface area contributed by atoms with E-state index in [4.69, 9.17) is 5.11 Å². The van der Waals surface area contributed by atoms with Crippen molar-refractivity contribution in [3.05, 3.63) is 0 Å². The lowest BCUT2D eigenvalue weighted by molar-refractivity contribution is 0.175. The maximum Gasteiger partial charge on any atom is 0.0459 e. The van der Waals surface area contributed by atoms with E-state index in [1.54, 1.807) is 0 Å². The highest BCUT2D eigenvalue weighted by Crippen LogP contribution is 2.23. The first kappa shape index (κ1) is 10.0. The first-order chi connectivity index (χ1) is 5.86. The Bertz CT molecular complexity index is 108. The van der Waals surface area contributed by atoms with Crippen LogP contribution in [-0.2, 0) is 0 Å². The quantitative estimate of drug-likeness (QED) is 0.672. The van der Waals surface area contributed by atoms with Gasteiger partial charge in [-0.2, -0.15) is 0 Å². The Morgan fingerprint density at radius 2 is 1.92 bits per heavy atom. The summed E-state index contributed by atoms with van der Waals surface area (Å²) in [5, 5.41) is 12.5. The molecule has 0 atom stereocenters. The van der Waals surface area contributed by atoms with Gasteiger partial charge in [-0.05, 0) is 44.6 Å². The van der Waals surface area contributed by atoms with E-state index in [2.05, 4.69) is 12.2 Å². The molecular formula is C10H21NO. The van der Waals surface area contributed by atoms with E-state index in [0.29, 0.717) is 12.5 Å². The first-order valence-electron chi connectivity index (χ1n) is 5.21. The number of hydrogen-bond donors (Lipinski definition) is 2. The molecule has 1 aliphatic rings. The lowest BCUT2D eigenvalue weighted by atomic mass is 9.86. The van der Waals surface area contributed by atoms with Crippen LogP contribution < -0.4 is 5.32 Å². The van der Waals surface area contributed by atoms with E-state index in [-0.39, 0.29) is 0 Å². The van der Waals surface area contributed by atoms with Crippen molar-refractivity contribution in [1.82, 2.24) is 5.32 Å². The van der Waals surface area contributed by atoms with Gasteiger partial charge in [-0.25, -0.2) is 0 Å². The normalized spacial score (nSPS) is 30.5. The second-order valence-corrected chi connectivity index (χ2v) is 3.85. The summed E-state index contributed by atoms with van der Waals surface area (Å²) in [6.07, 6.45) is 6.14. The Morgan fingerprint density at radius 3 is 2.42 bits per heavy atom. The van der Waals surface area contributed by atoms with Crippen LogP contribution in [0.4, 0.5) is 0 Å². The van der Waals surface area contributed by atoms with Gasteiger partial charge in [0.05, 0.1) is 0 Å². The standard InChI is InChI=1S/C10H21NO/c1-2-7-11-10-5-3-9(8-12)4-6-10/h9-12H,2-8H2,1H3. The lowest BCUT2D eigenvalue weighted by Crippen LogP contribution is -2.34. The number of rotatable bonds is 4. The minimum Gasteiger partial charge on any atom is -0.396 e. The molecule has 0 aliphatic heterocycles. The fourth-order valence-corrected chi connectivity index (χ4v) is 1.90. The zero-order valence-corrected chi connectivity index (χ0v) is 8.05. The predicted octanol–water partition coefficient (Wildman–Crippen LogP) is 1.54. The zero-order valence-electron chi connectivity index (χ0n) is 8.05. The SMILES string of the molecule is CCCNC1CCC(CO)CC1. The molecule has 0 aromatic rings. The monoisotopic (exact) mass is 171 g/mol. The molecule has 0 spiro atoms. The van der Waals surface area contributed by atoms with Gasteiger partial charge in [0.25, 0.3) is 0 Å². The van der Waals surface area contributed by atoms with Crippen molar-refractivity contribution < 1.29 is 5.11 Å². The van der Waals surface area contributed by atoms with Gasteiger partial charge in [-0.3, -0.25) is 0 Å². The average Bonchev–Trinajstić information content (AvgIpc) is 2.15. The molecule has 1 fully saturated rings. The maximum absolute atomic E-state index is 8.93. The Balaban J connectivity index is 2.09. The molecule has 0 aromatic heterocycles. The molecule has 1 saturated carbocycles. The van der Waals surface area contributed by atoms with E-state index in [1.807, 2.05) is 0 Å². The van der Waals surface area contributed by atoms with Crippen molar-refractivity contribution in [3.63, 3.8) is 0 Å². The molecule has 2 heteroatoms. The summed E-state index contributed by atoms with van der Waals surface area (Å²) < 4.78 is 0. The summed E-state index contributed by atoms with van der Waals surface area (Å²) in [7, 11) is 0. The van der Waals surface area contributed by atoms with Gasteiger partial charge in [0.2, 0.25) is 0 Å². The molecule has 0 saturated heterocycles. The van der Waals surface area contributed by atoms with Gasteiger partial charge in [0, 0.05) is 12.6 Å². The molecule has 0 amide bonds. The van der Waals surface area contributed by atoms with Crippen LogP contribution in [0, 0.1) is 5.92 Å². The van der Waals surface area contributed by atoms with E-state index in [9.17, 15) is 0 Å². The first-order valence-corrected chi connectivity index (χ1v) is 5.21. The summed E-state index contributed by atoms with van der Waals surface area (Å²) in [4.78, 5) is 0. The molecule has 0 unspecified atom stereocenters. The Hall–Kier alpha value is -0.0800. The van der Waals surface area contributed by atoms with Crippen LogP contribution in [0.1, 0.15) is 39.0 Å². The van der Waals surface area contributed by atoms with Crippen molar-refractivity contribution in [1.29, 1.82) is 0 Å². The molecule has 2 N–H and O–H groups in total. The molecule has 0 heterocycles. The van der Waals surface area contributed by atoms with Crippen LogP contribution in [0.2, 0.25) is 0 Å². The Morgan fingerprint density at radius 1 is 1.25 bits per heavy atom. The highest BCUT2D eigenvalue weighted by Gasteiger charge is 2.19. The van der Waals surface area contributed by atoms with Gasteiger partial charge in [-0.15, -0.1) is 0 Å². The highest BCUT2D eigenvalue weighted by molar-refractivity contribution is 4.76. The van der Waals surface area contributed by atoms with E-state index in [0.717, 1.165) is 12.6 Å². The van der Waals surface area contributed by atoms with Crippen molar-refractivity contribution in [2.45, 2.75) is 45.1 Å². The maximum atomic E-state index is 8.93. The van der Waals surface area contributed by atoms with Crippen LogP contribution in [0.5, 0.6) is 0 Å². The molecule has 0 aromatic carbocycles. The summed E-state index contributed by atoms with van der Waals surface area (Å²) in [6.45, 7) is 3.74. The van der Waals surface area contributed by atoms with Gasteiger partial charge in [0.1, 0.15) is 0 Å². The summed E-state index contributed by atoms with van der Waals surface area (Å²) in [5.41, 5.74) is 0. The third-order valence-electron chi connectivity index (χ3n) is 2.79. The van der Waals surface area contributed by atoms with Gasteiger partial charge in [0.15, 0.2) is 0 Å². The van der Waals surface area contributed by atoms with Crippen LogP contribution in [0.15, 0.2) is 0 Å². The summed E-state index contributed by atoms with van der Waals surface area (Å²) in [5.74, 6) is 0.588. The number of aliphatic hydroxyl groups is 1. The van der Waals surface area contributed by atoms with Gasteiger partial charge >= 0.3 is 0 Å². The average molecular weight is 171 g/mol. The van der Waals surface area contributed by atoms with Crippen molar-refractivity contribution in [2.75, 3.05) is 13.2 Å². The molecule has 0 bridgehead atoms.